The van der Waals surface area contributed by atoms with Crippen LogP contribution in [0.4, 0.5) is 0 Å². The number of thiazole rings is 1. The highest BCUT2D eigenvalue weighted by atomic mass is 32.2. The summed E-state index contributed by atoms with van der Waals surface area (Å²) in [6.45, 7) is 6.04. The van der Waals surface area contributed by atoms with E-state index in [0.29, 0.717) is 11.2 Å². The highest BCUT2D eigenvalue weighted by Gasteiger charge is 2.41. The molecule has 2 aliphatic heterocycles. The van der Waals surface area contributed by atoms with Gasteiger partial charge >= 0.3 is 0 Å². The third-order valence-corrected chi connectivity index (χ3v) is 7.34. The molecule has 1 aromatic heterocycles. The molecule has 2 aliphatic rings. The van der Waals surface area contributed by atoms with Crippen LogP contribution in [0.1, 0.15) is 25.3 Å². The van der Waals surface area contributed by atoms with Crippen LogP contribution in [0.25, 0.3) is 15.8 Å². The maximum Gasteiger partial charge on any atom is 0.227 e. The Labute approximate surface area is 156 Å². The van der Waals surface area contributed by atoms with E-state index in [1.807, 2.05) is 31.7 Å². The fourth-order valence-electron chi connectivity index (χ4n) is 3.50. The molecule has 2 unspecified atom stereocenters. The average molecular weight is 374 g/mol. The second-order valence-electron chi connectivity index (χ2n) is 7.19. The Hall–Kier alpha value is -1.37. The molecule has 4 nitrogen and oxygen atoms in total. The van der Waals surface area contributed by atoms with E-state index < -0.39 is 0 Å². The van der Waals surface area contributed by atoms with Gasteiger partial charge in [-0.15, -0.1) is 23.1 Å². The molecule has 6 heteroatoms. The number of thioether (sulfide) groups is 1. The molecule has 0 bridgehead atoms. The maximum atomic E-state index is 12.3. The number of nitrogens with one attached hydrogen (secondary N) is 1. The van der Waals surface area contributed by atoms with Gasteiger partial charge in [0.1, 0.15) is 5.01 Å². The zero-order valence-electron chi connectivity index (χ0n) is 14.8. The zero-order chi connectivity index (χ0) is 17.6. The summed E-state index contributed by atoms with van der Waals surface area (Å²) in [6, 6.07) is 8.28. The second-order valence-corrected chi connectivity index (χ2v) is 9.47. The normalized spacial score (nSPS) is 24.2. The van der Waals surface area contributed by atoms with Crippen LogP contribution in [0.2, 0.25) is 0 Å². The minimum atomic E-state index is -0.0185. The molecule has 2 atom stereocenters. The van der Waals surface area contributed by atoms with Crippen molar-refractivity contribution in [3.8, 4) is 0 Å². The summed E-state index contributed by atoms with van der Waals surface area (Å²) in [6.07, 6.45) is 1.13. The predicted molar refractivity (Wildman–Crippen MR) is 107 cm³/mol. The number of aromatic nitrogens is 1. The van der Waals surface area contributed by atoms with Crippen LogP contribution >= 0.6 is 23.1 Å². The Morgan fingerprint density at radius 3 is 2.92 bits per heavy atom. The molecule has 1 N–H and O–H groups in total. The number of likely N-dealkylation sites (tertiary alicyclic amines) is 1. The molecule has 1 saturated heterocycles. The van der Waals surface area contributed by atoms with Gasteiger partial charge in [0.15, 0.2) is 0 Å². The lowest BCUT2D eigenvalue weighted by molar-refractivity contribution is -0.123. The largest absolute Gasteiger partial charge is 0.320 e. The number of rotatable bonds is 3. The first-order valence-electron chi connectivity index (χ1n) is 8.79. The van der Waals surface area contributed by atoms with Gasteiger partial charge < -0.3 is 10.2 Å². The number of carbonyl (C=O) groups excluding carboxylic acids is 1. The number of fused-ring (bicyclic) bond motifs is 2. The summed E-state index contributed by atoms with van der Waals surface area (Å²) in [5.41, 5.74) is 2.31. The molecule has 1 fully saturated rings. The van der Waals surface area contributed by atoms with Crippen LogP contribution in [-0.4, -0.2) is 41.2 Å². The average Bonchev–Trinajstić information content (AvgIpc) is 3.14. The van der Waals surface area contributed by atoms with E-state index in [9.17, 15) is 4.79 Å². The van der Waals surface area contributed by atoms with Crippen molar-refractivity contribution in [2.45, 2.75) is 25.5 Å². The molecule has 0 spiro atoms. The second kappa shape index (κ2) is 6.74. The zero-order valence-corrected chi connectivity index (χ0v) is 16.4. The highest BCUT2D eigenvalue weighted by Crippen LogP contribution is 2.50. The van der Waals surface area contributed by atoms with Crippen molar-refractivity contribution < 1.29 is 4.79 Å². The first-order chi connectivity index (χ1) is 12.0. The minimum absolute atomic E-state index is 0.0185. The van der Waals surface area contributed by atoms with Crippen LogP contribution in [0, 0.1) is 11.8 Å². The molecule has 132 valence electrons. The quantitative estimate of drug-likeness (QED) is 0.889. The summed E-state index contributed by atoms with van der Waals surface area (Å²) in [5.74, 6) is 0.548. The number of piperidine rings is 1. The van der Waals surface area contributed by atoms with Crippen molar-refractivity contribution in [1.82, 2.24) is 15.2 Å². The van der Waals surface area contributed by atoms with Gasteiger partial charge in [-0.2, -0.15) is 0 Å². The number of para-hydroxylation sites is 1. The Morgan fingerprint density at radius 1 is 1.36 bits per heavy atom. The van der Waals surface area contributed by atoms with Crippen LogP contribution in [0.15, 0.2) is 29.3 Å². The van der Waals surface area contributed by atoms with Crippen LogP contribution in [0.3, 0.4) is 0 Å². The van der Waals surface area contributed by atoms with Crippen molar-refractivity contribution in [3.63, 3.8) is 0 Å². The molecule has 3 heterocycles. The number of allylic oxidation sites excluding steroid dienone is 1. The standard InChI is InChI=1S/C19H23N3OS2/c1-11(2)17(23)21-19-16(12-8-9-22(3)10-15(12)25-19)18-20-13-6-4-5-7-14(13)24-18/h4-7,11-12,15H,8-10H2,1-3H3,(H,21,23). The summed E-state index contributed by atoms with van der Waals surface area (Å²) >= 11 is 3.57. The van der Waals surface area contributed by atoms with E-state index in [-0.39, 0.29) is 11.8 Å². The van der Waals surface area contributed by atoms with Crippen molar-refractivity contribution in [3.05, 3.63) is 34.3 Å². The third kappa shape index (κ3) is 3.23. The van der Waals surface area contributed by atoms with E-state index in [1.165, 1.54) is 10.3 Å². The molecule has 0 radical (unpaired) electrons. The molecule has 2 aromatic rings. The van der Waals surface area contributed by atoms with Crippen molar-refractivity contribution in [1.29, 1.82) is 0 Å². The molecule has 0 saturated carbocycles. The van der Waals surface area contributed by atoms with E-state index in [1.54, 1.807) is 11.3 Å². The topological polar surface area (TPSA) is 45.2 Å². The van der Waals surface area contributed by atoms with Crippen molar-refractivity contribution >= 4 is 44.8 Å². The Morgan fingerprint density at radius 2 is 2.16 bits per heavy atom. The van der Waals surface area contributed by atoms with Gasteiger partial charge in [-0.25, -0.2) is 4.98 Å². The van der Waals surface area contributed by atoms with Crippen LogP contribution in [-0.2, 0) is 4.79 Å². The third-order valence-electron chi connectivity index (χ3n) is 4.93. The molecule has 1 aromatic carbocycles. The first kappa shape index (κ1) is 17.1. The van der Waals surface area contributed by atoms with Crippen LogP contribution in [0.5, 0.6) is 0 Å². The number of carbonyl (C=O) groups is 1. The Kier molecular flexibility index (Phi) is 4.60. The number of hydrogen-bond acceptors (Lipinski definition) is 5. The van der Waals surface area contributed by atoms with Gasteiger partial charge in [-0.3, -0.25) is 4.79 Å². The van der Waals surface area contributed by atoms with Gasteiger partial charge in [0.05, 0.1) is 15.2 Å². The molecule has 25 heavy (non-hydrogen) atoms. The first-order valence-corrected chi connectivity index (χ1v) is 10.5. The molecular formula is C19H23N3OS2. The fourth-order valence-corrected chi connectivity index (χ4v) is 6.25. The molecule has 1 amide bonds. The Balaban J connectivity index is 1.75. The SMILES string of the molecule is CC(C)C(=O)NC1=C(c2nc3ccccc3s2)C2CCN(C)CC2S1. The number of benzene rings is 1. The monoisotopic (exact) mass is 373 g/mol. The number of hydrogen-bond donors (Lipinski definition) is 1. The summed E-state index contributed by atoms with van der Waals surface area (Å²) in [4.78, 5) is 19.6. The van der Waals surface area contributed by atoms with E-state index in [0.717, 1.165) is 35.1 Å². The highest BCUT2D eigenvalue weighted by molar-refractivity contribution is 8.04. The van der Waals surface area contributed by atoms with Gasteiger partial charge in [-0.1, -0.05) is 26.0 Å². The fraction of sp³-hybridized carbons (Fsp3) is 0.474. The lowest BCUT2D eigenvalue weighted by Gasteiger charge is -2.32. The van der Waals surface area contributed by atoms with Gasteiger partial charge in [0.2, 0.25) is 5.91 Å². The lowest BCUT2D eigenvalue weighted by Crippen LogP contribution is -2.38. The summed E-state index contributed by atoms with van der Waals surface area (Å²) in [7, 11) is 2.18. The van der Waals surface area contributed by atoms with E-state index >= 15 is 0 Å². The molecular weight excluding hydrogens is 350 g/mol. The van der Waals surface area contributed by atoms with Gasteiger partial charge in [0, 0.05) is 29.2 Å². The van der Waals surface area contributed by atoms with E-state index in [4.69, 9.17) is 4.98 Å². The summed E-state index contributed by atoms with van der Waals surface area (Å²) < 4.78 is 1.21. The molecule has 0 aliphatic carbocycles. The van der Waals surface area contributed by atoms with Crippen molar-refractivity contribution in [2.24, 2.45) is 11.8 Å². The van der Waals surface area contributed by atoms with E-state index in [2.05, 4.69) is 35.5 Å². The number of amides is 1. The van der Waals surface area contributed by atoms with Crippen molar-refractivity contribution in [2.75, 3.05) is 20.1 Å². The predicted octanol–water partition coefficient (Wildman–Crippen LogP) is 3.80. The maximum absolute atomic E-state index is 12.3. The minimum Gasteiger partial charge on any atom is -0.320 e. The van der Waals surface area contributed by atoms with Gasteiger partial charge in [0.25, 0.3) is 0 Å². The summed E-state index contributed by atoms with van der Waals surface area (Å²) in [5, 5.41) is 5.80. The number of nitrogens with zero attached hydrogens (tertiary/aromatic N) is 2. The Bertz CT molecular complexity index is 809. The smallest absolute Gasteiger partial charge is 0.227 e. The lowest BCUT2D eigenvalue weighted by atomic mass is 9.89. The van der Waals surface area contributed by atoms with Gasteiger partial charge in [-0.05, 0) is 32.1 Å². The van der Waals surface area contributed by atoms with Crippen LogP contribution < -0.4 is 5.32 Å². The molecule has 4 rings (SSSR count).